The average molecular weight is 406 g/mol. The van der Waals surface area contributed by atoms with Gasteiger partial charge in [-0.05, 0) is 37.6 Å². The minimum atomic E-state index is -3.91. The molecule has 10 heteroatoms. The molecule has 0 bridgehead atoms. The molecule has 0 unspecified atom stereocenters. The van der Waals surface area contributed by atoms with Gasteiger partial charge in [0.15, 0.2) is 0 Å². The third-order valence-corrected chi connectivity index (χ3v) is 6.47. The number of nitrogens with one attached hydrogen (secondary N) is 1. The predicted molar refractivity (Wildman–Crippen MR) is 98.5 cm³/mol. The van der Waals surface area contributed by atoms with Crippen molar-refractivity contribution in [2.24, 2.45) is 0 Å². The molecule has 2 atom stereocenters. The standard InChI is InChI=1S/C18H22N4O5S/c1-13(17(23)21-8-10-27-11-9-21)22-7-6-16(18(22)24)20-28(25,26)15-4-2-14(12-19)3-5-15/h2-5,13,16,20H,6-11H2,1H3/t13-,16-/m0/s1. The maximum absolute atomic E-state index is 12.7. The van der Waals surface area contributed by atoms with Crippen LogP contribution in [0.3, 0.4) is 0 Å². The lowest BCUT2D eigenvalue weighted by molar-refractivity contribution is -0.146. The van der Waals surface area contributed by atoms with E-state index in [1.54, 1.807) is 11.8 Å². The first-order valence-electron chi connectivity index (χ1n) is 9.03. The molecule has 0 spiro atoms. The molecule has 2 saturated heterocycles. The smallest absolute Gasteiger partial charge is 0.245 e. The first-order chi connectivity index (χ1) is 13.3. The van der Waals surface area contributed by atoms with E-state index in [2.05, 4.69) is 4.72 Å². The fraction of sp³-hybridized carbons (Fsp3) is 0.500. The molecule has 0 aliphatic carbocycles. The predicted octanol–water partition coefficient (Wildman–Crippen LogP) is -0.315. The van der Waals surface area contributed by atoms with E-state index in [-0.39, 0.29) is 17.2 Å². The Kier molecular flexibility index (Phi) is 5.98. The zero-order valence-corrected chi connectivity index (χ0v) is 16.3. The molecule has 2 heterocycles. The van der Waals surface area contributed by atoms with Crippen LogP contribution in [0.1, 0.15) is 18.9 Å². The molecule has 0 aromatic heterocycles. The summed E-state index contributed by atoms with van der Waals surface area (Å²) in [6.07, 6.45) is 0.287. The Labute approximate surface area is 163 Å². The van der Waals surface area contributed by atoms with Gasteiger partial charge in [0, 0.05) is 19.6 Å². The molecule has 28 heavy (non-hydrogen) atoms. The Morgan fingerprint density at radius 1 is 1.25 bits per heavy atom. The van der Waals surface area contributed by atoms with Crippen molar-refractivity contribution in [1.82, 2.24) is 14.5 Å². The van der Waals surface area contributed by atoms with Crippen LogP contribution in [0.25, 0.3) is 0 Å². The largest absolute Gasteiger partial charge is 0.378 e. The lowest BCUT2D eigenvalue weighted by Crippen LogP contribution is -2.52. The summed E-state index contributed by atoms with van der Waals surface area (Å²) in [5.74, 6) is -0.571. The summed E-state index contributed by atoms with van der Waals surface area (Å²) in [5.41, 5.74) is 0.345. The Morgan fingerprint density at radius 3 is 2.50 bits per heavy atom. The van der Waals surface area contributed by atoms with Crippen LogP contribution >= 0.6 is 0 Å². The number of hydrogen-bond donors (Lipinski definition) is 1. The molecular weight excluding hydrogens is 384 g/mol. The quantitative estimate of drug-likeness (QED) is 0.716. The van der Waals surface area contributed by atoms with Gasteiger partial charge in [-0.15, -0.1) is 0 Å². The summed E-state index contributed by atoms with van der Waals surface area (Å²) in [4.78, 5) is 28.4. The monoisotopic (exact) mass is 406 g/mol. The van der Waals surface area contributed by atoms with Crippen molar-refractivity contribution >= 4 is 21.8 Å². The fourth-order valence-electron chi connectivity index (χ4n) is 3.34. The molecule has 150 valence electrons. The molecule has 9 nitrogen and oxygen atoms in total. The maximum Gasteiger partial charge on any atom is 0.245 e. The number of rotatable bonds is 5. The molecule has 1 N–H and O–H groups in total. The van der Waals surface area contributed by atoms with Crippen molar-refractivity contribution in [2.75, 3.05) is 32.8 Å². The third kappa shape index (κ3) is 4.16. The number of benzene rings is 1. The number of carbonyl (C=O) groups is 2. The van der Waals surface area contributed by atoms with Crippen LogP contribution in [0, 0.1) is 11.3 Å². The summed E-state index contributed by atoms with van der Waals surface area (Å²) >= 11 is 0. The highest BCUT2D eigenvalue weighted by Gasteiger charge is 2.40. The third-order valence-electron chi connectivity index (χ3n) is 4.98. The number of hydrogen-bond acceptors (Lipinski definition) is 6. The first-order valence-corrected chi connectivity index (χ1v) is 10.5. The minimum Gasteiger partial charge on any atom is -0.378 e. The molecule has 1 aromatic rings. The number of nitrogens with zero attached hydrogens (tertiary/aromatic N) is 3. The molecule has 2 fully saturated rings. The number of ether oxygens (including phenoxy) is 1. The van der Waals surface area contributed by atoms with Crippen LogP contribution < -0.4 is 4.72 Å². The van der Waals surface area contributed by atoms with E-state index in [0.717, 1.165) is 0 Å². The van der Waals surface area contributed by atoms with Crippen molar-refractivity contribution in [3.05, 3.63) is 29.8 Å². The Morgan fingerprint density at radius 2 is 1.89 bits per heavy atom. The van der Waals surface area contributed by atoms with E-state index in [4.69, 9.17) is 10.00 Å². The van der Waals surface area contributed by atoms with Crippen LogP contribution in [0.5, 0.6) is 0 Å². The van der Waals surface area contributed by atoms with Gasteiger partial charge in [0.25, 0.3) is 0 Å². The molecule has 2 aliphatic heterocycles. The van der Waals surface area contributed by atoms with Crippen LogP contribution in [-0.4, -0.2) is 75.0 Å². The fourth-order valence-corrected chi connectivity index (χ4v) is 4.56. The van der Waals surface area contributed by atoms with Gasteiger partial charge in [-0.3, -0.25) is 9.59 Å². The van der Waals surface area contributed by atoms with Gasteiger partial charge in [-0.1, -0.05) is 0 Å². The SMILES string of the molecule is C[C@@H](C(=O)N1CCOCC1)N1CC[C@H](NS(=O)(=O)c2ccc(C#N)cc2)C1=O. The molecule has 1 aromatic carbocycles. The molecule has 0 radical (unpaired) electrons. The number of sulfonamides is 1. The van der Waals surface area contributed by atoms with Gasteiger partial charge in [0.1, 0.15) is 12.1 Å². The van der Waals surface area contributed by atoms with E-state index in [1.807, 2.05) is 6.07 Å². The second-order valence-electron chi connectivity index (χ2n) is 6.74. The van der Waals surface area contributed by atoms with E-state index in [9.17, 15) is 18.0 Å². The number of nitriles is 1. The van der Waals surface area contributed by atoms with Gasteiger partial charge in [-0.25, -0.2) is 8.42 Å². The number of carbonyl (C=O) groups excluding carboxylic acids is 2. The molecule has 0 saturated carbocycles. The van der Waals surface area contributed by atoms with Crippen LogP contribution in [0.4, 0.5) is 0 Å². The van der Waals surface area contributed by atoms with E-state index in [1.165, 1.54) is 29.2 Å². The van der Waals surface area contributed by atoms with Crippen molar-refractivity contribution < 1.29 is 22.7 Å². The van der Waals surface area contributed by atoms with Crippen LogP contribution in [-0.2, 0) is 24.3 Å². The highest BCUT2D eigenvalue weighted by atomic mass is 32.2. The van der Waals surface area contributed by atoms with E-state index < -0.39 is 28.0 Å². The summed E-state index contributed by atoms with van der Waals surface area (Å²) in [6, 6.07) is 5.80. The topological polar surface area (TPSA) is 120 Å². The van der Waals surface area contributed by atoms with Gasteiger partial charge in [0.05, 0.1) is 29.7 Å². The molecular formula is C18H22N4O5S. The maximum atomic E-state index is 12.7. The molecule has 2 aliphatic rings. The van der Waals surface area contributed by atoms with Crippen molar-refractivity contribution in [2.45, 2.75) is 30.3 Å². The highest BCUT2D eigenvalue weighted by Crippen LogP contribution is 2.19. The average Bonchev–Trinajstić information content (AvgIpc) is 3.07. The van der Waals surface area contributed by atoms with Crippen molar-refractivity contribution in [1.29, 1.82) is 5.26 Å². The van der Waals surface area contributed by atoms with Gasteiger partial charge >= 0.3 is 0 Å². The number of morpholine rings is 1. The lowest BCUT2D eigenvalue weighted by atomic mass is 10.2. The Bertz CT molecular complexity index is 888. The van der Waals surface area contributed by atoms with E-state index in [0.29, 0.717) is 38.4 Å². The zero-order chi connectivity index (χ0) is 20.3. The number of likely N-dealkylation sites (tertiary alicyclic amines) is 1. The summed E-state index contributed by atoms with van der Waals surface area (Å²) < 4.78 is 32.7. The summed E-state index contributed by atoms with van der Waals surface area (Å²) in [7, 11) is -3.91. The minimum absolute atomic E-state index is 0.0183. The summed E-state index contributed by atoms with van der Waals surface area (Å²) in [6.45, 7) is 3.88. The molecule has 3 rings (SSSR count). The van der Waals surface area contributed by atoms with Crippen molar-refractivity contribution in [3.8, 4) is 6.07 Å². The summed E-state index contributed by atoms with van der Waals surface area (Å²) in [5, 5.41) is 8.81. The van der Waals surface area contributed by atoms with Crippen LogP contribution in [0.2, 0.25) is 0 Å². The second kappa shape index (κ2) is 8.26. The molecule has 2 amide bonds. The first kappa shape index (κ1) is 20.3. The number of amides is 2. The highest BCUT2D eigenvalue weighted by molar-refractivity contribution is 7.89. The van der Waals surface area contributed by atoms with Gasteiger partial charge in [0.2, 0.25) is 21.8 Å². The lowest BCUT2D eigenvalue weighted by Gasteiger charge is -2.32. The Balaban J connectivity index is 1.66. The van der Waals surface area contributed by atoms with Crippen LogP contribution in [0.15, 0.2) is 29.2 Å². The zero-order valence-electron chi connectivity index (χ0n) is 15.5. The van der Waals surface area contributed by atoms with E-state index >= 15 is 0 Å². The second-order valence-corrected chi connectivity index (χ2v) is 8.46. The van der Waals surface area contributed by atoms with Gasteiger partial charge < -0.3 is 14.5 Å². The normalized spacial score (nSPS) is 21.4. The Hall–Kier alpha value is -2.48. The van der Waals surface area contributed by atoms with Crippen molar-refractivity contribution in [3.63, 3.8) is 0 Å². The van der Waals surface area contributed by atoms with Gasteiger partial charge in [-0.2, -0.15) is 9.98 Å².